The number of likely N-dealkylation sites (tertiary alicyclic amines) is 1. The number of ether oxygens (including phenoxy) is 2. The molecule has 1 aliphatic heterocycles. The molecule has 3 aromatic rings. The van der Waals surface area contributed by atoms with Gasteiger partial charge in [0.25, 0.3) is 5.91 Å². The Labute approximate surface area is 226 Å². The van der Waals surface area contributed by atoms with Crippen molar-refractivity contribution in [3.05, 3.63) is 78.1 Å². The lowest BCUT2D eigenvalue weighted by Gasteiger charge is -2.33. The van der Waals surface area contributed by atoms with Crippen molar-refractivity contribution in [1.29, 1.82) is 5.41 Å². The molecule has 0 unspecified atom stereocenters. The lowest BCUT2D eigenvalue weighted by molar-refractivity contribution is -0.111. The Morgan fingerprint density at radius 3 is 2.36 bits per heavy atom. The highest BCUT2D eigenvalue weighted by Crippen LogP contribution is 2.31. The fraction of sp³-hybridized carbons (Fsp3) is 0.250. The maximum absolute atomic E-state index is 13.0. The van der Waals surface area contributed by atoms with Crippen molar-refractivity contribution in [2.75, 3.05) is 43.7 Å². The first-order chi connectivity index (χ1) is 18.8. The zero-order chi connectivity index (χ0) is 27.9. The summed E-state index contributed by atoms with van der Waals surface area (Å²) in [7, 11) is 3.09. The Hall–Kier alpha value is -4.93. The molecule has 202 valence electrons. The molecule has 0 atom stereocenters. The molecular weight excluding hydrogens is 498 g/mol. The number of nitrogens with zero attached hydrogens (tertiary/aromatic N) is 3. The third-order valence-corrected chi connectivity index (χ3v) is 6.51. The van der Waals surface area contributed by atoms with Gasteiger partial charge in [0.1, 0.15) is 18.0 Å². The molecule has 1 aromatic heterocycles. The fourth-order valence-electron chi connectivity index (χ4n) is 4.38. The first-order valence-corrected chi connectivity index (χ1v) is 12.4. The average molecular weight is 530 g/mol. The van der Waals surface area contributed by atoms with Gasteiger partial charge in [-0.3, -0.25) is 15.0 Å². The molecule has 1 saturated heterocycles. The topological polar surface area (TPSA) is 156 Å². The van der Waals surface area contributed by atoms with E-state index in [2.05, 4.69) is 27.2 Å². The smallest absolute Gasteiger partial charge is 0.253 e. The van der Waals surface area contributed by atoms with Gasteiger partial charge in [-0.05, 0) is 61.4 Å². The minimum Gasteiger partial charge on any atom is -0.493 e. The zero-order valence-corrected chi connectivity index (χ0v) is 21.9. The fourth-order valence-corrected chi connectivity index (χ4v) is 4.38. The van der Waals surface area contributed by atoms with Gasteiger partial charge in [-0.2, -0.15) is 0 Å². The molecule has 0 saturated carbocycles. The van der Waals surface area contributed by atoms with Crippen molar-refractivity contribution >= 4 is 34.8 Å². The highest BCUT2D eigenvalue weighted by Gasteiger charge is 2.26. The molecule has 1 aliphatic rings. The summed E-state index contributed by atoms with van der Waals surface area (Å²) in [5.41, 5.74) is 8.46. The van der Waals surface area contributed by atoms with E-state index in [4.69, 9.17) is 20.6 Å². The largest absolute Gasteiger partial charge is 0.493 e. The van der Waals surface area contributed by atoms with Crippen LogP contribution in [0.3, 0.4) is 0 Å². The molecular formula is C28H31N7O4. The minimum atomic E-state index is -0.309. The van der Waals surface area contributed by atoms with Gasteiger partial charge >= 0.3 is 0 Å². The van der Waals surface area contributed by atoms with E-state index in [0.29, 0.717) is 65.6 Å². The van der Waals surface area contributed by atoms with E-state index in [-0.39, 0.29) is 29.4 Å². The van der Waals surface area contributed by atoms with Crippen LogP contribution in [0.5, 0.6) is 11.5 Å². The summed E-state index contributed by atoms with van der Waals surface area (Å²) in [6.45, 7) is 4.53. The minimum absolute atomic E-state index is 0.0248. The lowest BCUT2D eigenvalue weighted by atomic mass is 10.0. The van der Waals surface area contributed by atoms with Crippen molar-refractivity contribution in [3.8, 4) is 11.5 Å². The molecule has 2 heterocycles. The molecule has 0 radical (unpaired) electrons. The molecule has 11 nitrogen and oxygen atoms in total. The van der Waals surface area contributed by atoms with Crippen LogP contribution in [0.1, 0.15) is 34.3 Å². The van der Waals surface area contributed by atoms with Crippen LogP contribution in [0.2, 0.25) is 0 Å². The maximum Gasteiger partial charge on any atom is 0.253 e. The number of nitrogens with one attached hydrogen (secondary N) is 3. The van der Waals surface area contributed by atoms with Crippen LogP contribution in [-0.4, -0.2) is 65.7 Å². The number of nitrogen functional groups attached to an aromatic ring is 1. The number of anilines is 3. The van der Waals surface area contributed by atoms with Crippen LogP contribution in [0, 0.1) is 5.41 Å². The number of hydrogen-bond acceptors (Lipinski definition) is 9. The molecule has 4 rings (SSSR count). The van der Waals surface area contributed by atoms with Crippen LogP contribution in [-0.2, 0) is 4.79 Å². The van der Waals surface area contributed by atoms with Gasteiger partial charge in [0.05, 0.1) is 25.5 Å². The van der Waals surface area contributed by atoms with Gasteiger partial charge < -0.3 is 30.7 Å². The van der Waals surface area contributed by atoms with E-state index < -0.39 is 0 Å². The highest BCUT2D eigenvalue weighted by atomic mass is 16.5. The lowest BCUT2D eigenvalue weighted by Crippen LogP contribution is -2.42. The van der Waals surface area contributed by atoms with Crippen LogP contribution in [0.15, 0.2) is 61.4 Å². The molecule has 5 N–H and O–H groups in total. The van der Waals surface area contributed by atoms with Gasteiger partial charge in [0.15, 0.2) is 11.5 Å². The van der Waals surface area contributed by atoms with E-state index in [1.54, 1.807) is 54.5 Å². The second kappa shape index (κ2) is 12.1. The van der Waals surface area contributed by atoms with Crippen molar-refractivity contribution in [3.63, 3.8) is 0 Å². The van der Waals surface area contributed by atoms with Crippen LogP contribution < -0.4 is 25.8 Å². The number of benzene rings is 2. The molecule has 1 fully saturated rings. The molecule has 0 spiro atoms. The van der Waals surface area contributed by atoms with Crippen molar-refractivity contribution < 1.29 is 19.1 Å². The summed E-state index contributed by atoms with van der Waals surface area (Å²) < 4.78 is 10.7. The van der Waals surface area contributed by atoms with E-state index in [0.717, 1.165) is 0 Å². The van der Waals surface area contributed by atoms with Gasteiger partial charge in [-0.15, -0.1) is 0 Å². The van der Waals surface area contributed by atoms with E-state index >= 15 is 0 Å². The van der Waals surface area contributed by atoms with E-state index in [9.17, 15) is 9.59 Å². The highest BCUT2D eigenvalue weighted by molar-refractivity contribution is 6.16. The maximum atomic E-state index is 13.0. The summed E-state index contributed by atoms with van der Waals surface area (Å²) in [6, 6.07) is 12.0. The SMILES string of the molecule is C=CC(=O)Nc1ccc(C(=O)N2CCC(Nc3ncnc(N)c3C(=N)c3ccc(OC)c(OC)c3)CC2)cc1. The van der Waals surface area contributed by atoms with Crippen LogP contribution in [0.25, 0.3) is 0 Å². The first-order valence-electron chi connectivity index (χ1n) is 12.4. The quantitative estimate of drug-likeness (QED) is 0.243. The number of amides is 2. The number of rotatable bonds is 9. The van der Waals surface area contributed by atoms with Gasteiger partial charge in [-0.25, -0.2) is 9.97 Å². The van der Waals surface area contributed by atoms with Gasteiger partial charge in [0, 0.05) is 35.9 Å². The second-order valence-electron chi connectivity index (χ2n) is 8.91. The number of methoxy groups -OCH3 is 2. The van der Waals surface area contributed by atoms with Gasteiger partial charge in [-0.1, -0.05) is 6.58 Å². The Morgan fingerprint density at radius 1 is 1.05 bits per heavy atom. The summed E-state index contributed by atoms with van der Waals surface area (Å²) in [5.74, 6) is 1.32. The van der Waals surface area contributed by atoms with Gasteiger partial charge in [0.2, 0.25) is 5.91 Å². The van der Waals surface area contributed by atoms with Crippen LogP contribution >= 0.6 is 0 Å². The monoisotopic (exact) mass is 529 g/mol. The Balaban J connectivity index is 1.42. The summed E-state index contributed by atoms with van der Waals surface area (Å²) in [6.07, 6.45) is 3.93. The normalized spacial score (nSPS) is 13.3. The number of hydrogen-bond donors (Lipinski definition) is 4. The zero-order valence-electron chi connectivity index (χ0n) is 21.9. The Kier molecular flexibility index (Phi) is 8.40. The van der Waals surface area contributed by atoms with Crippen molar-refractivity contribution in [1.82, 2.24) is 14.9 Å². The predicted octanol–water partition coefficient (Wildman–Crippen LogP) is 3.33. The first kappa shape index (κ1) is 27.1. The second-order valence-corrected chi connectivity index (χ2v) is 8.91. The summed E-state index contributed by atoms with van der Waals surface area (Å²) in [4.78, 5) is 34.8. The third-order valence-electron chi connectivity index (χ3n) is 6.51. The van der Waals surface area contributed by atoms with E-state index in [1.807, 2.05) is 0 Å². The number of piperidine rings is 1. The molecule has 0 aliphatic carbocycles. The Morgan fingerprint density at radius 2 is 1.72 bits per heavy atom. The predicted molar refractivity (Wildman–Crippen MR) is 150 cm³/mol. The molecule has 11 heteroatoms. The van der Waals surface area contributed by atoms with E-state index in [1.165, 1.54) is 19.5 Å². The summed E-state index contributed by atoms with van der Waals surface area (Å²) >= 11 is 0. The van der Waals surface area contributed by atoms with Crippen molar-refractivity contribution in [2.24, 2.45) is 0 Å². The molecule has 2 aromatic carbocycles. The van der Waals surface area contributed by atoms with Crippen molar-refractivity contribution in [2.45, 2.75) is 18.9 Å². The standard InChI is InChI=1S/C28H31N7O4/c1-4-23(36)33-19-8-5-17(6-9-19)28(37)35-13-11-20(12-14-35)34-27-24(26(30)31-16-32-27)25(29)18-7-10-21(38-2)22(15-18)39-3/h4-10,15-16,20,29H,1,11-14H2,2-3H3,(H,33,36)(H3,30,31,32,34). The Bertz CT molecular complexity index is 1380. The number of nitrogens with two attached hydrogens (primary N) is 1. The molecule has 2 amide bonds. The average Bonchev–Trinajstić information content (AvgIpc) is 2.97. The molecule has 39 heavy (non-hydrogen) atoms. The number of aromatic nitrogens is 2. The number of carbonyl (C=O) groups excluding carboxylic acids is 2. The summed E-state index contributed by atoms with van der Waals surface area (Å²) in [5, 5.41) is 14.9. The third kappa shape index (κ3) is 6.15. The number of carbonyl (C=O) groups is 2. The molecule has 0 bridgehead atoms. The van der Waals surface area contributed by atoms with Crippen LogP contribution in [0.4, 0.5) is 17.3 Å².